The Kier molecular flexibility index (Phi) is 6.18. The Balaban J connectivity index is 3.16. The maximum Gasteiger partial charge on any atom is 0.273 e. The number of rotatable bonds is 7. The summed E-state index contributed by atoms with van der Waals surface area (Å²) >= 11 is 0. The Bertz CT molecular complexity index is 641. The maximum absolute atomic E-state index is 12.1. The second-order valence-corrected chi connectivity index (χ2v) is 6.10. The number of ether oxygens (including phenoxy) is 1. The minimum absolute atomic E-state index is 0.118. The number of Topliss-reactive ketones (excluding diaryl/α,β-unsaturated/α-hetero) is 1. The van der Waals surface area contributed by atoms with Crippen molar-refractivity contribution in [3.8, 4) is 0 Å². The molecule has 6 nitrogen and oxygen atoms in total. The molecule has 0 amide bonds. The van der Waals surface area contributed by atoms with Gasteiger partial charge < -0.3 is 4.74 Å². The van der Waals surface area contributed by atoms with E-state index >= 15 is 0 Å². The highest BCUT2D eigenvalue weighted by Gasteiger charge is 2.23. The van der Waals surface area contributed by atoms with Crippen LogP contribution in [0.1, 0.15) is 38.8 Å². The number of nitrogens with zero attached hydrogens (tertiary/aromatic N) is 1. The molecule has 0 N–H and O–H groups in total. The number of hydrogen-bond donors (Lipinski definition) is 0. The summed E-state index contributed by atoms with van der Waals surface area (Å²) in [5, 5.41) is 11.3. The van der Waals surface area contributed by atoms with Crippen molar-refractivity contribution in [1.82, 2.24) is 0 Å². The molecule has 0 saturated heterocycles. The highest BCUT2D eigenvalue weighted by molar-refractivity contribution is 6.12. The van der Waals surface area contributed by atoms with Crippen LogP contribution in [0.25, 0.3) is 0 Å². The van der Waals surface area contributed by atoms with Crippen LogP contribution in [0.3, 0.4) is 0 Å². The Morgan fingerprint density at radius 3 is 2.48 bits per heavy atom. The van der Waals surface area contributed by atoms with E-state index in [4.69, 9.17) is 4.74 Å². The van der Waals surface area contributed by atoms with Gasteiger partial charge in [0, 0.05) is 18.1 Å². The molecular formula is C17H21NO5. The third-order valence-electron chi connectivity index (χ3n) is 3.32. The van der Waals surface area contributed by atoms with E-state index in [0.29, 0.717) is 12.9 Å². The van der Waals surface area contributed by atoms with E-state index in [2.05, 4.69) is 0 Å². The molecule has 0 heterocycles. The Labute approximate surface area is 135 Å². The predicted octanol–water partition coefficient (Wildman–Crippen LogP) is 3.12. The highest BCUT2D eigenvalue weighted by Crippen LogP contribution is 2.29. The highest BCUT2D eigenvalue weighted by atomic mass is 16.6. The summed E-state index contributed by atoms with van der Waals surface area (Å²) in [6, 6.07) is 4.82. The fourth-order valence-corrected chi connectivity index (χ4v) is 1.96. The zero-order chi connectivity index (χ0) is 17.6. The monoisotopic (exact) mass is 319 g/mol. The predicted molar refractivity (Wildman–Crippen MR) is 86.3 cm³/mol. The van der Waals surface area contributed by atoms with Crippen molar-refractivity contribution in [2.24, 2.45) is 0 Å². The van der Waals surface area contributed by atoms with E-state index in [-0.39, 0.29) is 28.7 Å². The minimum Gasteiger partial charge on any atom is -0.501 e. The van der Waals surface area contributed by atoms with E-state index in [1.54, 1.807) is 19.1 Å². The molecule has 1 aromatic carbocycles. The molecule has 0 aliphatic heterocycles. The summed E-state index contributed by atoms with van der Waals surface area (Å²) in [5.41, 5.74) is 0.586. The molecular weight excluding hydrogens is 298 g/mol. The Morgan fingerprint density at radius 1 is 1.35 bits per heavy atom. The first kappa shape index (κ1) is 18.5. The van der Waals surface area contributed by atoms with E-state index in [1.807, 2.05) is 20.8 Å². The van der Waals surface area contributed by atoms with Crippen LogP contribution in [-0.4, -0.2) is 23.6 Å². The number of hydrogen-bond acceptors (Lipinski definition) is 5. The smallest absolute Gasteiger partial charge is 0.273 e. The largest absolute Gasteiger partial charge is 0.501 e. The van der Waals surface area contributed by atoms with Crippen molar-refractivity contribution in [2.45, 2.75) is 39.5 Å². The fraction of sp³-hybridized carbons (Fsp3) is 0.412. The van der Waals surface area contributed by atoms with Crippen LogP contribution >= 0.6 is 0 Å². The average molecular weight is 319 g/mol. The van der Waals surface area contributed by atoms with Gasteiger partial charge in [-0.15, -0.1) is 0 Å². The van der Waals surface area contributed by atoms with Crippen molar-refractivity contribution in [3.05, 3.63) is 51.3 Å². The molecule has 1 rings (SSSR count). The van der Waals surface area contributed by atoms with Gasteiger partial charge in [-0.2, -0.15) is 0 Å². The average Bonchev–Trinajstić information content (AvgIpc) is 2.47. The number of nitro groups is 1. The second-order valence-electron chi connectivity index (χ2n) is 6.10. The third-order valence-corrected chi connectivity index (χ3v) is 3.32. The van der Waals surface area contributed by atoms with Gasteiger partial charge in [-0.25, -0.2) is 0 Å². The van der Waals surface area contributed by atoms with Crippen LogP contribution in [0, 0.1) is 10.1 Å². The lowest BCUT2D eigenvalue weighted by Gasteiger charge is -2.19. The van der Waals surface area contributed by atoms with Gasteiger partial charge >= 0.3 is 0 Å². The minimum atomic E-state index is -0.514. The van der Waals surface area contributed by atoms with Crippen LogP contribution in [0.4, 0.5) is 5.69 Å². The molecule has 0 fully saturated rings. The molecule has 0 saturated carbocycles. The molecule has 124 valence electrons. The number of benzene rings is 1. The van der Waals surface area contributed by atoms with Gasteiger partial charge in [0.1, 0.15) is 0 Å². The lowest BCUT2D eigenvalue weighted by molar-refractivity contribution is -0.385. The van der Waals surface area contributed by atoms with Crippen LogP contribution < -0.4 is 0 Å². The van der Waals surface area contributed by atoms with Crippen molar-refractivity contribution in [1.29, 1.82) is 0 Å². The molecule has 0 atom stereocenters. The van der Waals surface area contributed by atoms with E-state index < -0.39 is 10.7 Å². The molecule has 1 aromatic rings. The Hall–Kier alpha value is -2.50. The normalized spacial score (nSPS) is 11.9. The summed E-state index contributed by atoms with van der Waals surface area (Å²) in [5.74, 6) is -0.514. The molecule has 0 aliphatic carbocycles. The van der Waals surface area contributed by atoms with Crippen LogP contribution in [-0.2, 0) is 26.2 Å². The molecule has 0 unspecified atom stereocenters. The number of aldehydes is 1. The van der Waals surface area contributed by atoms with Gasteiger partial charge in [0.15, 0.2) is 12.1 Å². The summed E-state index contributed by atoms with van der Waals surface area (Å²) in [6.07, 6.45) is 1.26. The van der Waals surface area contributed by atoms with Gasteiger partial charge in [0.05, 0.1) is 23.4 Å². The Morgan fingerprint density at radius 2 is 2.00 bits per heavy atom. The van der Waals surface area contributed by atoms with Crippen LogP contribution in [0.5, 0.6) is 0 Å². The van der Waals surface area contributed by atoms with Gasteiger partial charge in [0.2, 0.25) is 0 Å². The number of ketones is 1. The first-order chi connectivity index (χ1) is 10.7. The van der Waals surface area contributed by atoms with Gasteiger partial charge in [-0.05, 0) is 17.9 Å². The zero-order valence-electron chi connectivity index (χ0n) is 13.8. The summed E-state index contributed by atoms with van der Waals surface area (Å²) < 4.78 is 4.94. The second kappa shape index (κ2) is 7.67. The van der Waals surface area contributed by atoms with E-state index in [9.17, 15) is 19.7 Å². The molecule has 0 aliphatic rings. The standard InChI is InChI=1S/C17H21NO5/c1-5-23-11-13(10-19)16(20)8-12-6-7-14(17(2,3)4)9-15(12)18(21)22/h6-7,9-11H,5,8H2,1-4H3. The lowest BCUT2D eigenvalue weighted by Crippen LogP contribution is -2.14. The summed E-state index contributed by atoms with van der Waals surface area (Å²) in [7, 11) is 0. The fourth-order valence-electron chi connectivity index (χ4n) is 1.96. The van der Waals surface area contributed by atoms with Crippen LogP contribution in [0.15, 0.2) is 30.0 Å². The van der Waals surface area contributed by atoms with E-state index in [1.165, 1.54) is 6.07 Å². The zero-order valence-corrected chi connectivity index (χ0v) is 13.8. The maximum atomic E-state index is 12.1. The molecule has 6 heteroatoms. The SMILES string of the molecule is CCOC=C(C=O)C(=O)Cc1ccc(C(C)(C)C)cc1[N+](=O)[O-]. The topological polar surface area (TPSA) is 86.5 Å². The summed E-state index contributed by atoms with van der Waals surface area (Å²) in [4.78, 5) is 33.8. The number of carbonyl (C=O) groups is 2. The van der Waals surface area contributed by atoms with Crippen molar-refractivity contribution in [2.75, 3.05) is 6.61 Å². The number of allylic oxidation sites excluding steroid dienone is 1. The summed E-state index contributed by atoms with van der Waals surface area (Å²) in [6.45, 7) is 7.90. The third kappa shape index (κ3) is 5.02. The van der Waals surface area contributed by atoms with Gasteiger partial charge in [0.25, 0.3) is 5.69 Å². The van der Waals surface area contributed by atoms with Crippen molar-refractivity contribution >= 4 is 17.8 Å². The van der Waals surface area contributed by atoms with Crippen LogP contribution in [0.2, 0.25) is 0 Å². The number of carbonyl (C=O) groups excluding carboxylic acids is 2. The first-order valence-corrected chi connectivity index (χ1v) is 7.28. The molecule has 0 aromatic heterocycles. The first-order valence-electron chi connectivity index (χ1n) is 7.28. The molecule has 0 radical (unpaired) electrons. The van der Waals surface area contributed by atoms with Gasteiger partial charge in [-0.3, -0.25) is 19.7 Å². The number of nitro benzene ring substituents is 1. The molecule has 0 bridgehead atoms. The van der Waals surface area contributed by atoms with Gasteiger partial charge in [-0.1, -0.05) is 32.9 Å². The molecule has 23 heavy (non-hydrogen) atoms. The lowest BCUT2D eigenvalue weighted by atomic mass is 9.85. The van der Waals surface area contributed by atoms with E-state index in [0.717, 1.165) is 11.8 Å². The molecule has 0 spiro atoms. The van der Waals surface area contributed by atoms with Crippen molar-refractivity contribution in [3.63, 3.8) is 0 Å². The van der Waals surface area contributed by atoms with Crippen molar-refractivity contribution < 1.29 is 19.2 Å². The quantitative estimate of drug-likeness (QED) is 0.147.